The third-order valence-electron chi connectivity index (χ3n) is 5.31. The van der Waals surface area contributed by atoms with Crippen LogP contribution in [0.3, 0.4) is 0 Å². The summed E-state index contributed by atoms with van der Waals surface area (Å²) >= 11 is 0. The quantitative estimate of drug-likeness (QED) is 0.715. The SMILES string of the molecule is O=CC1(CN2CCN3CCCCC3C2)CCCC1. The molecule has 0 aromatic carbocycles. The molecule has 0 amide bonds. The van der Waals surface area contributed by atoms with E-state index < -0.39 is 0 Å². The molecule has 1 unspecified atom stereocenters. The molecule has 2 heterocycles. The molecule has 1 saturated carbocycles. The van der Waals surface area contributed by atoms with E-state index in [1.807, 2.05) is 0 Å². The van der Waals surface area contributed by atoms with Crippen LogP contribution < -0.4 is 0 Å². The van der Waals surface area contributed by atoms with Crippen molar-refractivity contribution >= 4 is 6.29 Å². The van der Waals surface area contributed by atoms with Gasteiger partial charge in [-0.1, -0.05) is 19.3 Å². The second-order valence-electron chi connectivity index (χ2n) is 6.61. The monoisotopic (exact) mass is 250 g/mol. The fraction of sp³-hybridized carbons (Fsp3) is 0.933. The van der Waals surface area contributed by atoms with Gasteiger partial charge in [0.2, 0.25) is 0 Å². The number of carbonyl (C=O) groups is 1. The first-order chi connectivity index (χ1) is 8.81. The average Bonchev–Trinajstić information content (AvgIpc) is 2.88. The van der Waals surface area contributed by atoms with Crippen LogP contribution in [0.1, 0.15) is 44.9 Å². The number of carbonyl (C=O) groups excluding carboxylic acids is 1. The van der Waals surface area contributed by atoms with Gasteiger partial charge < -0.3 is 4.79 Å². The van der Waals surface area contributed by atoms with Crippen molar-refractivity contribution in [2.24, 2.45) is 5.41 Å². The molecule has 0 aromatic heterocycles. The first-order valence-corrected chi connectivity index (χ1v) is 7.74. The number of rotatable bonds is 3. The number of fused-ring (bicyclic) bond motifs is 1. The highest BCUT2D eigenvalue weighted by Crippen LogP contribution is 2.37. The number of hydrogen-bond acceptors (Lipinski definition) is 3. The van der Waals surface area contributed by atoms with E-state index in [9.17, 15) is 4.79 Å². The molecule has 3 rings (SSSR count). The number of nitrogens with zero attached hydrogens (tertiary/aromatic N) is 2. The summed E-state index contributed by atoms with van der Waals surface area (Å²) in [6, 6.07) is 0.776. The summed E-state index contributed by atoms with van der Waals surface area (Å²) in [5, 5.41) is 0. The van der Waals surface area contributed by atoms with E-state index in [-0.39, 0.29) is 5.41 Å². The van der Waals surface area contributed by atoms with Gasteiger partial charge >= 0.3 is 0 Å². The lowest BCUT2D eigenvalue weighted by Gasteiger charge is -2.45. The number of piperazine rings is 1. The highest BCUT2D eigenvalue weighted by molar-refractivity contribution is 5.60. The van der Waals surface area contributed by atoms with Crippen molar-refractivity contribution < 1.29 is 4.79 Å². The van der Waals surface area contributed by atoms with E-state index in [1.54, 1.807) is 0 Å². The van der Waals surface area contributed by atoms with Gasteiger partial charge in [-0.2, -0.15) is 0 Å². The van der Waals surface area contributed by atoms with Crippen molar-refractivity contribution in [3.05, 3.63) is 0 Å². The largest absolute Gasteiger partial charge is 0.303 e. The molecule has 1 atom stereocenters. The Labute approximate surface area is 111 Å². The van der Waals surface area contributed by atoms with Crippen molar-refractivity contribution in [2.75, 3.05) is 32.7 Å². The van der Waals surface area contributed by atoms with Gasteiger partial charge in [0, 0.05) is 37.6 Å². The number of aldehydes is 1. The van der Waals surface area contributed by atoms with Gasteiger partial charge in [0.05, 0.1) is 0 Å². The van der Waals surface area contributed by atoms with E-state index in [0.29, 0.717) is 0 Å². The maximum atomic E-state index is 11.4. The molecule has 2 aliphatic heterocycles. The van der Waals surface area contributed by atoms with Crippen LogP contribution in [0.2, 0.25) is 0 Å². The lowest BCUT2D eigenvalue weighted by atomic mass is 9.86. The topological polar surface area (TPSA) is 23.6 Å². The van der Waals surface area contributed by atoms with Gasteiger partial charge in [-0.05, 0) is 32.2 Å². The molecule has 0 radical (unpaired) electrons. The molecular weight excluding hydrogens is 224 g/mol. The van der Waals surface area contributed by atoms with Crippen LogP contribution in [0.15, 0.2) is 0 Å². The van der Waals surface area contributed by atoms with E-state index in [0.717, 1.165) is 25.4 Å². The minimum atomic E-state index is 0.0108. The summed E-state index contributed by atoms with van der Waals surface area (Å²) in [6.45, 7) is 5.93. The summed E-state index contributed by atoms with van der Waals surface area (Å²) in [4.78, 5) is 16.7. The zero-order valence-electron chi connectivity index (χ0n) is 11.4. The smallest absolute Gasteiger partial charge is 0.127 e. The molecule has 0 spiro atoms. The summed E-state index contributed by atoms with van der Waals surface area (Å²) in [5.74, 6) is 0. The Morgan fingerprint density at radius 1 is 1.06 bits per heavy atom. The van der Waals surface area contributed by atoms with Crippen LogP contribution in [0.5, 0.6) is 0 Å². The van der Waals surface area contributed by atoms with Crippen LogP contribution in [0.4, 0.5) is 0 Å². The van der Waals surface area contributed by atoms with Gasteiger partial charge in [-0.25, -0.2) is 0 Å². The van der Waals surface area contributed by atoms with Gasteiger partial charge in [0.25, 0.3) is 0 Å². The Balaban J connectivity index is 1.58. The van der Waals surface area contributed by atoms with Crippen LogP contribution in [-0.2, 0) is 4.79 Å². The summed E-state index contributed by atoms with van der Waals surface area (Å²) in [6.07, 6.45) is 10.2. The third kappa shape index (κ3) is 2.48. The molecule has 1 aliphatic carbocycles. The summed E-state index contributed by atoms with van der Waals surface area (Å²) in [5.41, 5.74) is 0.0108. The normalized spacial score (nSPS) is 33.2. The molecule has 0 bridgehead atoms. The predicted molar refractivity (Wildman–Crippen MR) is 72.6 cm³/mol. The Bertz CT molecular complexity index is 299. The number of hydrogen-bond donors (Lipinski definition) is 0. The van der Waals surface area contributed by atoms with E-state index in [4.69, 9.17) is 0 Å². The fourth-order valence-electron chi connectivity index (χ4n) is 4.20. The van der Waals surface area contributed by atoms with Crippen LogP contribution in [0, 0.1) is 5.41 Å². The Hall–Kier alpha value is -0.410. The zero-order chi connectivity index (χ0) is 12.4. The van der Waals surface area contributed by atoms with Crippen LogP contribution in [0.25, 0.3) is 0 Å². The fourth-order valence-corrected chi connectivity index (χ4v) is 4.20. The Morgan fingerprint density at radius 2 is 1.89 bits per heavy atom. The lowest BCUT2D eigenvalue weighted by Crippen LogP contribution is -2.56. The molecule has 0 N–H and O–H groups in total. The van der Waals surface area contributed by atoms with Gasteiger partial charge in [0.15, 0.2) is 0 Å². The second kappa shape index (κ2) is 5.30. The highest BCUT2D eigenvalue weighted by Gasteiger charge is 2.37. The number of piperidine rings is 1. The van der Waals surface area contributed by atoms with Crippen molar-refractivity contribution in [1.82, 2.24) is 9.80 Å². The maximum absolute atomic E-state index is 11.4. The molecule has 3 aliphatic rings. The molecule has 18 heavy (non-hydrogen) atoms. The van der Waals surface area contributed by atoms with Crippen molar-refractivity contribution in [1.29, 1.82) is 0 Å². The minimum absolute atomic E-state index is 0.0108. The Kier molecular flexibility index (Phi) is 3.71. The van der Waals surface area contributed by atoms with Gasteiger partial charge in [0.1, 0.15) is 6.29 Å². The predicted octanol–water partition coefficient (Wildman–Crippen LogP) is 1.92. The Morgan fingerprint density at radius 3 is 2.67 bits per heavy atom. The van der Waals surface area contributed by atoms with Gasteiger partial charge in [-0.15, -0.1) is 0 Å². The maximum Gasteiger partial charge on any atom is 0.127 e. The zero-order valence-corrected chi connectivity index (χ0v) is 11.4. The second-order valence-corrected chi connectivity index (χ2v) is 6.61. The van der Waals surface area contributed by atoms with Gasteiger partial charge in [-0.3, -0.25) is 9.80 Å². The van der Waals surface area contributed by atoms with Crippen molar-refractivity contribution in [2.45, 2.75) is 51.0 Å². The van der Waals surface area contributed by atoms with Crippen LogP contribution in [-0.4, -0.2) is 54.9 Å². The molecular formula is C15H26N2O. The molecule has 102 valence electrons. The molecule has 3 heteroatoms. The van der Waals surface area contributed by atoms with Crippen molar-refractivity contribution in [3.8, 4) is 0 Å². The summed E-state index contributed by atoms with van der Waals surface area (Å²) in [7, 11) is 0. The first-order valence-electron chi connectivity index (χ1n) is 7.74. The summed E-state index contributed by atoms with van der Waals surface area (Å²) < 4.78 is 0. The van der Waals surface area contributed by atoms with Crippen LogP contribution >= 0.6 is 0 Å². The highest BCUT2D eigenvalue weighted by atomic mass is 16.1. The van der Waals surface area contributed by atoms with E-state index >= 15 is 0 Å². The van der Waals surface area contributed by atoms with E-state index in [1.165, 1.54) is 64.6 Å². The lowest BCUT2D eigenvalue weighted by molar-refractivity contribution is -0.117. The standard InChI is InChI=1S/C15H26N2O/c18-13-15(6-2-3-7-15)12-16-9-10-17-8-4-1-5-14(17)11-16/h13-14H,1-12H2. The molecule has 0 aromatic rings. The average molecular weight is 250 g/mol. The molecule has 3 fully saturated rings. The van der Waals surface area contributed by atoms with Crippen molar-refractivity contribution in [3.63, 3.8) is 0 Å². The first kappa shape index (κ1) is 12.6. The molecule has 2 saturated heterocycles. The molecule has 3 nitrogen and oxygen atoms in total. The third-order valence-corrected chi connectivity index (χ3v) is 5.31. The minimum Gasteiger partial charge on any atom is -0.303 e. The van der Waals surface area contributed by atoms with E-state index in [2.05, 4.69) is 9.80 Å².